The molecule has 0 amide bonds. The Morgan fingerprint density at radius 1 is 1.08 bits per heavy atom. The summed E-state index contributed by atoms with van der Waals surface area (Å²) in [5.41, 5.74) is 16.4. The van der Waals surface area contributed by atoms with Crippen LogP contribution in [0.2, 0.25) is 0 Å². The summed E-state index contributed by atoms with van der Waals surface area (Å²) in [5, 5.41) is 0. The number of nitrogens with two attached hydrogens (primary N) is 2. The smallest absolute Gasteiger partial charge is 0.193 e. The maximum absolute atomic E-state index is 5.78. The van der Waals surface area contributed by atoms with Gasteiger partial charge in [0.05, 0.1) is 0 Å². The van der Waals surface area contributed by atoms with E-state index in [9.17, 15) is 0 Å². The van der Waals surface area contributed by atoms with Gasteiger partial charge in [-0.15, -0.1) is 0 Å². The second-order valence-corrected chi connectivity index (χ2v) is 2.73. The van der Waals surface area contributed by atoms with Crippen LogP contribution in [0.3, 0.4) is 0 Å². The molecule has 0 aromatic heterocycles. The third-order valence-corrected chi connectivity index (χ3v) is 1.58. The number of quaternary nitrogens is 1. The fraction of sp³-hybridized carbons (Fsp3) is 0. The van der Waals surface area contributed by atoms with Crippen LogP contribution in [0, 0.1) is 0 Å². The second kappa shape index (κ2) is 4.33. The molecular weight excluding hydrogens is 162 g/mol. The molecule has 13 heavy (non-hydrogen) atoms. The largest absolute Gasteiger partial charge is 0.398 e. The molecule has 7 N–H and O–H groups in total. The Labute approximate surface area is 77.5 Å². The lowest BCUT2D eigenvalue weighted by atomic mass is 10.1. The van der Waals surface area contributed by atoms with Crippen molar-refractivity contribution in [1.82, 2.24) is 0 Å². The lowest BCUT2D eigenvalue weighted by Gasteiger charge is -1.98. The SMILES string of the molecule is N/C([NH3+])=C/C=C(\N)c1ccccc1. The van der Waals surface area contributed by atoms with E-state index in [1.807, 2.05) is 30.3 Å². The van der Waals surface area contributed by atoms with Gasteiger partial charge in [-0.3, -0.25) is 0 Å². The predicted octanol–water partition coefficient (Wildman–Crippen LogP) is 0.0282. The summed E-state index contributed by atoms with van der Waals surface area (Å²) in [7, 11) is 0. The first-order valence-electron chi connectivity index (χ1n) is 4.00. The van der Waals surface area contributed by atoms with Gasteiger partial charge in [0.25, 0.3) is 0 Å². The maximum atomic E-state index is 5.78. The van der Waals surface area contributed by atoms with Crippen molar-refractivity contribution in [3.05, 3.63) is 53.9 Å². The van der Waals surface area contributed by atoms with Gasteiger partial charge in [0, 0.05) is 11.8 Å². The zero-order valence-corrected chi connectivity index (χ0v) is 7.40. The molecule has 0 aliphatic rings. The lowest BCUT2D eigenvalue weighted by Crippen LogP contribution is -2.51. The second-order valence-electron chi connectivity index (χ2n) is 2.73. The molecule has 1 aromatic carbocycles. The Morgan fingerprint density at radius 3 is 2.23 bits per heavy atom. The van der Waals surface area contributed by atoms with E-state index in [2.05, 4.69) is 5.73 Å². The molecule has 0 unspecified atom stereocenters. The van der Waals surface area contributed by atoms with Gasteiger partial charge in [-0.1, -0.05) is 30.3 Å². The number of rotatable bonds is 2. The quantitative estimate of drug-likeness (QED) is 0.556. The van der Waals surface area contributed by atoms with Crippen molar-refractivity contribution in [3.63, 3.8) is 0 Å². The Hall–Kier alpha value is -1.74. The van der Waals surface area contributed by atoms with Crippen LogP contribution in [-0.2, 0) is 0 Å². The van der Waals surface area contributed by atoms with Gasteiger partial charge >= 0.3 is 0 Å². The van der Waals surface area contributed by atoms with Crippen LogP contribution in [0.4, 0.5) is 0 Å². The number of hydrogen-bond acceptors (Lipinski definition) is 2. The van der Waals surface area contributed by atoms with Crippen LogP contribution in [0.1, 0.15) is 5.56 Å². The van der Waals surface area contributed by atoms with Crippen LogP contribution < -0.4 is 17.2 Å². The molecular formula is C10H14N3+. The molecule has 0 atom stereocenters. The molecule has 0 saturated carbocycles. The fourth-order valence-electron chi connectivity index (χ4n) is 0.924. The molecule has 3 nitrogen and oxygen atoms in total. The highest BCUT2D eigenvalue weighted by atomic mass is 14.8. The zero-order valence-electron chi connectivity index (χ0n) is 7.40. The topological polar surface area (TPSA) is 79.7 Å². The normalized spacial score (nSPS) is 13.0. The summed E-state index contributed by atoms with van der Waals surface area (Å²) in [6, 6.07) is 9.71. The van der Waals surface area contributed by atoms with Gasteiger partial charge in [0.15, 0.2) is 5.82 Å². The van der Waals surface area contributed by atoms with Crippen LogP contribution in [-0.4, -0.2) is 0 Å². The minimum absolute atomic E-state index is 0.499. The average Bonchev–Trinajstić information content (AvgIpc) is 2.15. The molecule has 0 fully saturated rings. The van der Waals surface area contributed by atoms with E-state index in [1.165, 1.54) is 0 Å². The first-order chi connectivity index (χ1) is 6.20. The highest BCUT2D eigenvalue weighted by molar-refractivity contribution is 5.63. The molecule has 0 aliphatic carbocycles. The number of allylic oxidation sites excluding steroid dienone is 2. The standard InChI is InChI=1S/C10H13N3/c11-9(6-7-10(12)13)8-4-2-1-3-5-8/h1-7H,11-13H2/p+1/b9-6-. The average molecular weight is 176 g/mol. The Kier molecular flexibility index (Phi) is 3.11. The molecule has 68 valence electrons. The Balaban J connectivity index is 2.86. The molecule has 0 spiro atoms. The molecule has 3 heteroatoms. The third-order valence-electron chi connectivity index (χ3n) is 1.58. The lowest BCUT2D eigenvalue weighted by molar-refractivity contribution is -0.304. The van der Waals surface area contributed by atoms with E-state index in [-0.39, 0.29) is 0 Å². The van der Waals surface area contributed by atoms with E-state index in [4.69, 9.17) is 11.5 Å². The Bertz CT molecular complexity index is 321. The van der Waals surface area contributed by atoms with E-state index in [0.29, 0.717) is 11.5 Å². The van der Waals surface area contributed by atoms with E-state index in [1.54, 1.807) is 12.2 Å². The molecule has 0 bridgehead atoms. The molecule has 0 heterocycles. The van der Waals surface area contributed by atoms with Gasteiger partial charge in [-0.25, -0.2) is 0 Å². The van der Waals surface area contributed by atoms with Crippen molar-refractivity contribution >= 4 is 5.70 Å². The summed E-state index contributed by atoms with van der Waals surface area (Å²) < 4.78 is 0. The molecule has 1 rings (SSSR count). The van der Waals surface area contributed by atoms with Gasteiger partial charge < -0.3 is 17.2 Å². The van der Waals surface area contributed by atoms with Gasteiger partial charge in [-0.05, 0) is 11.6 Å². The monoisotopic (exact) mass is 176 g/mol. The highest BCUT2D eigenvalue weighted by Gasteiger charge is 1.92. The fourth-order valence-corrected chi connectivity index (χ4v) is 0.924. The van der Waals surface area contributed by atoms with Crippen LogP contribution in [0.15, 0.2) is 48.3 Å². The first kappa shape index (κ1) is 9.35. The van der Waals surface area contributed by atoms with Gasteiger partial charge in [0.1, 0.15) is 0 Å². The minimum atomic E-state index is 0.499. The summed E-state index contributed by atoms with van der Waals surface area (Å²) >= 11 is 0. The number of hydrogen-bond donors (Lipinski definition) is 3. The van der Waals surface area contributed by atoms with Crippen LogP contribution in [0.5, 0.6) is 0 Å². The van der Waals surface area contributed by atoms with Crippen molar-refractivity contribution in [2.75, 3.05) is 0 Å². The third kappa shape index (κ3) is 3.01. The predicted molar refractivity (Wildman–Crippen MR) is 53.8 cm³/mol. The minimum Gasteiger partial charge on any atom is -0.398 e. The van der Waals surface area contributed by atoms with Gasteiger partial charge in [0.2, 0.25) is 0 Å². The first-order valence-corrected chi connectivity index (χ1v) is 4.00. The zero-order chi connectivity index (χ0) is 9.68. The van der Waals surface area contributed by atoms with Crippen LogP contribution in [0.25, 0.3) is 5.70 Å². The maximum Gasteiger partial charge on any atom is 0.193 e. The molecule has 0 aliphatic heterocycles. The van der Waals surface area contributed by atoms with Crippen molar-refractivity contribution in [2.45, 2.75) is 0 Å². The van der Waals surface area contributed by atoms with Crippen molar-refractivity contribution in [3.8, 4) is 0 Å². The molecule has 0 radical (unpaired) electrons. The summed E-state index contributed by atoms with van der Waals surface area (Å²) in [6.45, 7) is 0. The van der Waals surface area contributed by atoms with Crippen molar-refractivity contribution in [2.24, 2.45) is 11.5 Å². The van der Waals surface area contributed by atoms with Crippen LogP contribution >= 0.6 is 0 Å². The highest BCUT2D eigenvalue weighted by Crippen LogP contribution is 2.07. The van der Waals surface area contributed by atoms with E-state index in [0.717, 1.165) is 5.56 Å². The molecule has 1 aromatic rings. The van der Waals surface area contributed by atoms with Crippen molar-refractivity contribution < 1.29 is 5.73 Å². The summed E-state index contributed by atoms with van der Waals surface area (Å²) in [5.74, 6) is 0.499. The Morgan fingerprint density at radius 2 is 1.69 bits per heavy atom. The van der Waals surface area contributed by atoms with E-state index < -0.39 is 0 Å². The summed E-state index contributed by atoms with van der Waals surface area (Å²) in [4.78, 5) is 0. The number of benzene rings is 1. The van der Waals surface area contributed by atoms with Gasteiger partial charge in [-0.2, -0.15) is 0 Å². The molecule has 0 saturated heterocycles. The van der Waals surface area contributed by atoms with E-state index >= 15 is 0 Å². The van der Waals surface area contributed by atoms with Crippen molar-refractivity contribution in [1.29, 1.82) is 0 Å². The summed E-state index contributed by atoms with van der Waals surface area (Å²) in [6.07, 6.45) is 3.43.